The van der Waals surface area contributed by atoms with Crippen molar-refractivity contribution in [2.24, 2.45) is 0 Å². The van der Waals surface area contributed by atoms with Gasteiger partial charge in [0.15, 0.2) is 0 Å². The van der Waals surface area contributed by atoms with Crippen molar-refractivity contribution < 1.29 is 26.7 Å². The SMILES string of the molecule is CCN(CC)C(=O)OCc1ccccc1[C@@H](C)N(c1cc(F)ccc1F)S(=O)(=O)c1ccc(Cl)cc1. The molecule has 3 rings (SSSR count). The van der Waals surface area contributed by atoms with Crippen LogP contribution in [-0.2, 0) is 21.4 Å². The van der Waals surface area contributed by atoms with Crippen LogP contribution in [0.15, 0.2) is 71.6 Å². The van der Waals surface area contributed by atoms with E-state index in [-0.39, 0.29) is 11.5 Å². The van der Waals surface area contributed by atoms with Crippen LogP contribution in [0.4, 0.5) is 19.3 Å². The fourth-order valence-corrected chi connectivity index (χ4v) is 5.60. The summed E-state index contributed by atoms with van der Waals surface area (Å²) in [4.78, 5) is 13.7. The van der Waals surface area contributed by atoms with Crippen LogP contribution in [0.3, 0.4) is 0 Å². The van der Waals surface area contributed by atoms with E-state index < -0.39 is 39.5 Å². The molecule has 1 amide bonds. The Kier molecular flexibility index (Phi) is 8.92. The highest BCUT2D eigenvalue weighted by molar-refractivity contribution is 7.92. The number of rotatable bonds is 9. The molecule has 0 heterocycles. The summed E-state index contributed by atoms with van der Waals surface area (Å²) in [6, 6.07) is 13.8. The van der Waals surface area contributed by atoms with E-state index in [1.165, 1.54) is 29.2 Å². The van der Waals surface area contributed by atoms with Crippen LogP contribution in [0.2, 0.25) is 5.02 Å². The predicted molar refractivity (Wildman–Crippen MR) is 135 cm³/mol. The second kappa shape index (κ2) is 11.7. The smallest absolute Gasteiger partial charge is 0.410 e. The van der Waals surface area contributed by atoms with Crippen LogP contribution in [0, 0.1) is 11.6 Å². The van der Waals surface area contributed by atoms with Crippen molar-refractivity contribution in [1.82, 2.24) is 4.90 Å². The first kappa shape index (κ1) is 27.4. The molecule has 0 saturated heterocycles. The van der Waals surface area contributed by atoms with E-state index in [0.717, 1.165) is 22.5 Å². The topological polar surface area (TPSA) is 66.9 Å². The van der Waals surface area contributed by atoms with E-state index in [2.05, 4.69) is 0 Å². The largest absolute Gasteiger partial charge is 0.445 e. The molecule has 0 N–H and O–H groups in total. The maximum absolute atomic E-state index is 15.0. The zero-order valence-corrected chi connectivity index (χ0v) is 21.7. The van der Waals surface area contributed by atoms with Crippen molar-refractivity contribution in [1.29, 1.82) is 0 Å². The standard InChI is InChI=1S/C26H27ClF2N2O4S/c1-4-30(5-2)26(32)35-17-19-8-6-7-9-23(19)18(3)31(25-16-21(28)12-15-24(25)29)36(33,34)22-13-10-20(27)11-14-22/h6-16,18H,4-5,17H2,1-3H3/t18-/m1/s1. The van der Waals surface area contributed by atoms with Crippen LogP contribution in [0.25, 0.3) is 0 Å². The molecular weight excluding hydrogens is 510 g/mol. The van der Waals surface area contributed by atoms with Crippen LogP contribution in [0.5, 0.6) is 0 Å². The monoisotopic (exact) mass is 536 g/mol. The summed E-state index contributed by atoms with van der Waals surface area (Å²) >= 11 is 5.92. The highest BCUT2D eigenvalue weighted by Crippen LogP contribution is 2.36. The number of amides is 1. The first-order valence-corrected chi connectivity index (χ1v) is 13.2. The molecule has 6 nitrogen and oxygen atoms in total. The molecule has 36 heavy (non-hydrogen) atoms. The van der Waals surface area contributed by atoms with Gasteiger partial charge >= 0.3 is 6.09 Å². The van der Waals surface area contributed by atoms with Gasteiger partial charge in [-0.05, 0) is 68.3 Å². The summed E-state index contributed by atoms with van der Waals surface area (Å²) < 4.78 is 63.0. The minimum Gasteiger partial charge on any atom is -0.445 e. The number of halogens is 3. The molecule has 0 aliphatic carbocycles. The van der Waals surface area contributed by atoms with Gasteiger partial charge in [-0.15, -0.1) is 0 Å². The van der Waals surface area contributed by atoms with Gasteiger partial charge in [-0.25, -0.2) is 22.0 Å². The number of carbonyl (C=O) groups is 1. The van der Waals surface area contributed by atoms with Gasteiger partial charge in [0.1, 0.15) is 18.2 Å². The quantitative estimate of drug-likeness (QED) is 0.311. The summed E-state index contributed by atoms with van der Waals surface area (Å²) in [5.74, 6) is -1.71. The Bertz CT molecular complexity index is 1320. The minimum absolute atomic E-state index is 0.129. The third-order valence-electron chi connectivity index (χ3n) is 5.75. The number of benzene rings is 3. The Morgan fingerprint density at radius 3 is 2.28 bits per heavy atom. The van der Waals surface area contributed by atoms with Crippen LogP contribution in [0.1, 0.15) is 37.9 Å². The number of anilines is 1. The molecule has 3 aromatic rings. The lowest BCUT2D eigenvalue weighted by Crippen LogP contribution is -2.35. The van der Waals surface area contributed by atoms with Gasteiger partial charge in [-0.3, -0.25) is 4.31 Å². The number of hydrogen-bond donors (Lipinski definition) is 0. The summed E-state index contributed by atoms with van der Waals surface area (Å²) in [5, 5.41) is 0.325. The maximum atomic E-state index is 15.0. The fourth-order valence-electron chi connectivity index (χ4n) is 3.83. The van der Waals surface area contributed by atoms with E-state index in [1.807, 2.05) is 13.8 Å². The Labute approximate surface area is 215 Å². The lowest BCUT2D eigenvalue weighted by atomic mass is 10.0. The van der Waals surface area contributed by atoms with Crippen molar-refractivity contribution in [3.63, 3.8) is 0 Å². The Morgan fingerprint density at radius 1 is 1.00 bits per heavy atom. The maximum Gasteiger partial charge on any atom is 0.410 e. The summed E-state index contributed by atoms with van der Waals surface area (Å²) in [6.07, 6.45) is -0.510. The molecular formula is C26H27ClF2N2O4S. The van der Waals surface area contributed by atoms with Crippen LogP contribution >= 0.6 is 11.6 Å². The lowest BCUT2D eigenvalue weighted by Gasteiger charge is -2.32. The molecule has 0 bridgehead atoms. The number of carbonyl (C=O) groups excluding carboxylic acids is 1. The average Bonchev–Trinajstić information content (AvgIpc) is 2.86. The number of hydrogen-bond acceptors (Lipinski definition) is 4. The van der Waals surface area contributed by atoms with E-state index in [0.29, 0.717) is 29.2 Å². The first-order chi connectivity index (χ1) is 17.1. The Hall–Kier alpha value is -3.17. The lowest BCUT2D eigenvalue weighted by molar-refractivity contribution is 0.0996. The molecule has 3 aromatic carbocycles. The highest BCUT2D eigenvalue weighted by Gasteiger charge is 2.33. The third-order valence-corrected chi connectivity index (χ3v) is 7.90. The second-order valence-corrected chi connectivity index (χ2v) is 10.2. The van der Waals surface area contributed by atoms with E-state index in [1.54, 1.807) is 31.2 Å². The molecule has 0 fully saturated rings. The van der Waals surface area contributed by atoms with E-state index in [4.69, 9.17) is 16.3 Å². The molecule has 0 saturated carbocycles. The summed E-state index contributed by atoms with van der Waals surface area (Å²) in [7, 11) is -4.37. The molecule has 0 aliphatic rings. The van der Waals surface area contributed by atoms with Crippen molar-refractivity contribution in [3.05, 3.63) is 94.5 Å². The van der Waals surface area contributed by atoms with E-state index in [9.17, 15) is 22.0 Å². The van der Waals surface area contributed by atoms with Crippen molar-refractivity contribution >= 4 is 33.4 Å². The molecule has 10 heteroatoms. The number of ether oxygens (including phenoxy) is 1. The summed E-state index contributed by atoms with van der Waals surface area (Å²) in [5.41, 5.74) is 0.539. The molecule has 0 unspecified atom stereocenters. The van der Waals surface area contributed by atoms with Crippen molar-refractivity contribution in [2.75, 3.05) is 17.4 Å². The van der Waals surface area contributed by atoms with Crippen LogP contribution < -0.4 is 4.31 Å². The molecule has 1 atom stereocenters. The average molecular weight is 537 g/mol. The molecule has 0 aromatic heterocycles. The summed E-state index contributed by atoms with van der Waals surface area (Å²) in [6.45, 7) is 6.03. The van der Waals surface area contributed by atoms with Gasteiger partial charge in [0, 0.05) is 24.2 Å². The van der Waals surface area contributed by atoms with E-state index >= 15 is 0 Å². The molecule has 0 aliphatic heterocycles. The second-order valence-electron chi connectivity index (χ2n) is 7.95. The van der Waals surface area contributed by atoms with Gasteiger partial charge in [0.05, 0.1) is 16.6 Å². The fraction of sp³-hybridized carbons (Fsp3) is 0.269. The van der Waals surface area contributed by atoms with Crippen molar-refractivity contribution in [2.45, 2.75) is 38.3 Å². The van der Waals surface area contributed by atoms with Gasteiger partial charge in [0.25, 0.3) is 10.0 Å². The van der Waals surface area contributed by atoms with Gasteiger partial charge in [0.2, 0.25) is 0 Å². The van der Waals surface area contributed by atoms with Crippen LogP contribution in [-0.4, -0.2) is 32.5 Å². The predicted octanol–water partition coefficient (Wildman–Crippen LogP) is 6.55. The minimum atomic E-state index is -4.37. The molecule has 192 valence electrons. The molecule has 0 radical (unpaired) electrons. The van der Waals surface area contributed by atoms with Gasteiger partial charge in [-0.2, -0.15) is 0 Å². The first-order valence-electron chi connectivity index (χ1n) is 11.3. The van der Waals surface area contributed by atoms with Gasteiger partial charge < -0.3 is 9.64 Å². The zero-order chi connectivity index (χ0) is 26.5. The van der Waals surface area contributed by atoms with Crippen molar-refractivity contribution in [3.8, 4) is 0 Å². The number of sulfonamides is 1. The normalized spacial score (nSPS) is 12.2. The van der Waals surface area contributed by atoms with Gasteiger partial charge in [-0.1, -0.05) is 35.9 Å². The molecule has 0 spiro atoms. The zero-order valence-electron chi connectivity index (χ0n) is 20.1. The highest BCUT2D eigenvalue weighted by atomic mass is 35.5. The Balaban J connectivity index is 2.09. The third kappa shape index (κ3) is 5.96. The Morgan fingerprint density at radius 2 is 1.64 bits per heavy atom. The number of nitrogens with zero attached hydrogens (tertiary/aromatic N) is 2.